The van der Waals surface area contributed by atoms with Crippen LogP contribution in [-0.4, -0.2) is 18.6 Å². The van der Waals surface area contributed by atoms with Gasteiger partial charge in [-0.15, -0.1) is 0 Å². The van der Waals surface area contributed by atoms with Gasteiger partial charge in [-0.25, -0.2) is 0 Å². The average molecular weight is 234 g/mol. The Balaban J connectivity index is 2.34. The largest absolute Gasteiger partial charge is 0.479 e. The lowest BCUT2D eigenvalue weighted by Crippen LogP contribution is -2.44. The Kier molecular flexibility index (Phi) is 3.22. The standard InChI is InChI=1S/C13H18N2O2/c1-3-4-7-15-11-6-5-10(14)8-12(11)17-9(2)13(15)16/h5-6,8-9H,3-4,7,14H2,1-2H3. The van der Waals surface area contributed by atoms with Crippen LogP contribution >= 0.6 is 0 Å². The first kappa shape index (κ1) is 11.8. The molecule has 0 saturated carbocycles. The van der Waals surface area contributed by atoms with E-state index in [9.17, 15) is 4.79 Å². The number of hydrogen-bond donors (Lipinski definition) is 1. The van der Waals surface area contributed by atoms with Crippen molar-refractivity contribution in [1.29, 1.82) is 0 Å². The van der Waals surface area contributed by atoms with Gasteiger partial charge >= 0.3 is 0 Å². The molecule has 0 saturated heterocycles. The Morgan fingerprint density at radius 1 is 1.47 bits per heavy atom. The molecule has 92 valence electrons. The van der Waals surface area contributed by atoms with Crippen LogP contribution in [0.15, 0.2) is 18.2 Å². The summed E-state index contributed by atoms with van der Waals surface area (Å²) in [7, 11) is 0. The van der Waals surface area contributed by atoms with Gasteiger partial charge < -0.3 is 15.4 Å². The van der Waals surface area contributed by atoms with Crippen molar-refractivity contribution in [2.24, 2.45) is 0 Å². The number of nitrogen functional groups attached to an aromatic ring is 1. The summed E-state index contributed by atoms with van der Waals surface area (Å²) in [4.78, 5) is 13.8. The van der Waals surface area contributed by atoms with Gasteiger partial charge in [-0.1, -0.05) is 13.3 Å². The smallest absolute Gasteiger partial charge is 0.267 e. The van der Waals surface area contributed by atoms with E-state index in [1.165, 1.54) is 0 Å². The third-order valence-electron chi connectivity index (χ3n) is 2.93. The molecule has 1 atom stereocenters. The van der Waals surface area contributed by atoms with Crippen LogP contribution in [0.2, 0.25) is 0 Å². The Morgan fingerprint density at radius 2 is 2.24 bits per heavy atom. The van der Waals surface area contributed by atoms with E-state index in [4.69, 9.17) is 10.5 Å². The minimum absolute atomic E-state index is 0.0238. The van der Waals surface area contributed by atoms with E-state index in [-0.39, 0.29) is 5.91 Å². The van der Waals surface area contributed by atoms with Crippen LogP contribution in [0, 0.1) is 0 Å². The lowest BCUT2D eigenvalue weighted by atomic mass is 10.1. The molecule has 2 rings (SSSR count). The second kappa shape index (κ2) is 4.65. The van der Waals surface area contributed by atoms with Gasteiger partial charge in [0.25, 0.3) is 5.91 Å². The maximum atomic E-state index is 12.0. The molecule has 0 fully saturated rings. The number of carbonyl (C=O) groups excluding carboxylic acids is 1. The molecule has 17 heavy (non-hydrogen) atoms. The number of fused-ring (bicyclic) bond motifs is 1. The number of benzene rings is 1. The van der Waals surface area contributed by atoms with E-state index in [1.54, 1.807) is 24.0 Å². The first-order valence-corrected chi connectivity index (χ1v) is 6.01. The summed E-state index contributed by atoms with van der Waals surface area (Å²) in [5.74, 6) is 0.726. The van der Waals surface area contributed by atoms with Crippen molar-refractivity contribution in [3.05, 3.63) is 18.2 Å². The van der Waals surface area contributed by atoms with Crippen molar-refractivity contribution >= 4 is 17.3 Å². The first-order valence-electron chi connectivity index (χ1n) is 6.01. The maximum Gasteiger partial charge on any atom is 0.267 e. The summed E-state index contributed by atoms with van der Waals surface area (Å²) < 4.78 is 5.56. The SMILES string of the molecule is CCCCN1C(=O)C(C)Oc2cc(N)ccc21. The summed E-state index contributed by atoms with van der Waals surface area (Å²) >= 11 is 0. The van der Waals surface area contributed by atoms with Gasteiger partial charge in [0.1, 0.15) is 5.75 Å². The van der Waals surface area contributed by atoms with Gasteiger partial charge in [0.2, 0.25) is 0 Å². The zero-order valence-electron chi connectivity index (χ0n) is 10.3. The second-order valence-corrected chi connectivity index (χ2v) is 4.33. The lowest BCUT2D eigenvalue weighted by Gasteiger charge is -2.33. The molecular weight excluding hydrogens is 216 g/mol. The molecule has 2 N–H and O–H groups in total. The Bertz CT molecular complexity index is 431. The first-order chi connectivity index (χ1) is 8.13. The molecule has 1 aromatic rings. The summed E-state index contributed by atoms with van der Waals surface area (Å²) in [6.07, 6.45) is 1.62. The Morgan fingerprint density at radius 3 is 2.94 bits per heavy atom. The van der Waals surface area contributed by atoms with Crippen LogP contribution in [0.1, 0.15) is 26.7 Å². The monoisotopic (exact) mass is 234 g/mol. The van der Waals surface area contributed by atoms with E-state index < -0.39 is 6.10 Å². The minimum atomic E-state index is -0.429. The van der Waals surface area contributed by atoms with Gasteiger partial charge in [0.05, 0.1) is 5.69 Å². The fraction of sp³-hybridized carbons (Fsp3) is 0.462. The highest BCUT2D eigenvalue weighted by Crippen LogP contribution is 2.35. The van der Waals surface area contributed by atoms with Crippen molar-refractivity contribution in [2.45, 2.75) is 32.8 Å². The molecule has 0 spiro atoms. The maximum absolute atomic E-state index is 12.0. The minimum Gasteiger partial charge on any atom is -0.479 e. The number of nitrogens with zero attached hydrogens (tertiary/aromatic N) is 1. The van der Waals surface area contributed by atoms with Crippen molar-refractivity contribution in [3.63, 3.8) is 0 Å². The second-order valence-electron chi connectivity index (χ2n) is 4.33. The fourth-order valence-electron chi connectivity index (χ4n) is 1.97. The molecule has 0 radical (unpaired) electrons. The number of carbonyl (C=O) groups is 1. The fourth-order valence-corrected chi connectivity index (χ4v) is 1.97. The van der Waals surface area contributed by atoms with Crippen LogP contribution in [0.4, 0.5) is 11.4 Å². The molecule has 1 amide bonds. The summed E-state index contributed by atoms with van der Waals surface area (Å²) in [5.41, 5.74) is 7.21. The average Bonchev–Trinajstić information content (AvgIpc) is 2.30. The van der Waals surface area contributed by atoms with Crippen LogP contribution in [0.3, 0.4) is 0 Å². The summed E-state index contributed by atoms with van der Waals surface area (Å²) in [5, 5.41) is 0. The molecular formula is C13H18N2O2. The number of ether oxygens (including phenoxy) is 1. The van der Waals surface area contributed by atoms with E-state index in [0.29, 0.717) is 11.4 Å². The third kappa shape index (κ3) is 2.20. The molecule has 1 aliphatic heterocycles. The highest BCUT2D eigenvalue weighted by molar-refractivity contribution is 6.00. The number of anilines is 2. The molecule has 0 aromatic heterocycles. The summed E-state index contributed by atoms with van der Waals surface area (Å²) in [6.45, 7) is 4.62. The zero-order chi connectivity index (χ0) is 12.4. The molecule has 1 unspecified atom stereocenters. The van der Waals surface area contributed by atoms with Gasteiger partial charge in [-0.3, -0.25) is 4.79 Å². The molecule has 1 heterocycles. The van der Waals surface area contributed by atoms with E-state index >= 15 is 0 Å². The molecule has 0 bridgehead atoms. The topological polar surface area (TPSA) is 55.6 Å². The highest BCUT2D eigenvalue weighted by Gasteiger charge is 2.30. The third-order valence-corrected chi connectivity index (χ3v) is 2.93. The molecule has 4 nitrogen and oxygen atoms in total. The quantitative estimate of drug-likeness (QED) is 0.815. The summed E-state index contributed by atoms with van der Waals surface area (Å²) in [6, 6.07) is 5.42. The van der Waals surface area contributed by atoms with E-state index in [0.717, 1.165) is 25.1 Å². The number of unbranched alkanes of at least 4 members (excludes halogenated alkanes) is 1. The number of amides is 1. The molecule has 1 aromatic carbocycles. The molecule has 4 heteroatoms. The normalized spacial score (nSPS) is 18.8. The van der Waals surface area contributed by atoms with Gasteiger partial charge in [0, 0.05) is 18.3 Å². The molecule has 1 aliphatic rings. The predicted octanol–water partition coefficient (Wildman–Crippen LogP) is 2.18. The lowest BCUT2D eigenvalue weighted by molar-refractivity contribution is -0.125. The van der Waals surface area contributed by atoms with Crippen molar-refractivity contribution < 1.29 is 9.53 Å². The van der Waals surface area contributed by atoms with Crippen molar-refractivity contribution in [1.82, 2.24) is 0 Å². The Hall–Kier alpha value is -1.71. The van der Waals surface area contributed by atoms with Crippen LogP contribution in [-0.2, 0) is 4.79 Å². The number of hydrogen-bond acceptors (Lipinski definition) is 3. The van der Waals surface area contributed by atoms with Gasteiger partial charge in [0.15, 0.2) is 6.10 Å². The van der Waals surface area contributed by atoms with E-state index in [2.05, 4.69) is 6.92 Å². The van der Waals surface area contributed by atoms with Crippen LogP contribution < -0.4 is 15.4 Å². The van der Waals surface area contributed by atoms with Crippen LogP contribution in [0.5, 0.6) is 5.75 Å². The predicted molar refractivity (Wildman–Crippen MR) is 68.2 cm³/mol. The Labute approximate surface area is 101 Å². The molecule has 0 aliphatic carbocycles. The highest BCUT2D eigenvalue weighted by atomic mass is 16.5. The van der Waals surface area contributed by atoms with E-state index in [1.807, 2.05) is 6.07 Å². The number of rotatable bonds is 3. The zero-order valence-corrected chi connectivity index (χ0v) is 10.3. The number of nitrogens with two attached hydrogens (primary N) is 1. The van der Waals surface area contributed by atoms with Crippen molar-refractivity contribution in [3.8, 4) is 5.75 Å². The van der Waals surface area contributed by atoms with Crippen LogP contribution in [0.25, 0.3) is 0 Å². The van der Waals surface area contributed by atoms with Gasteiger partial charge in [-0.05, 0) is 25.5 Å². The van der Waals surface area contributed by atoms with Gasteiger partial charge in [-0.2, -0.15) is 0 Å². The van der Waals surface area contributed by atoms with Crippen molar-refractivity contribution in [2.75, 3.05) is 17.2 Å².